The van der Waals surface area contributed by atoms with Gasteiger partial charge in [0.1, 0.15) is 0 Å². The number of nitrogens with one attached hydrogen (secondary N) is 1. The second kappa shape index (κ2) is 5.88. The van der Waals surface area contributed by atoms with Crippen LogP contribution in [0.2, 0.25) is 0 Å². The van der Waals surface area contributed by atoms with Gasteiger partial charge in [0.25, 0.3) is 0 Å². The zero-order valence-electron chi connectivity index (χ0n) is 11.6. The van der Waals surface area contributed by atoms with Crippen molar-refractivity contribution in [1.29, 1.82) is 0 Å². The maximum absolute atomic E-state index is 11.7. The molecule has 0 bridgehead atoms. The van der Waals surface area contributed by atoms with Gasteiger partial charge in [0.15, 0.2) is 9.84 Å². The number of piperidine rings is 1. The molecule has 0 aromatic carbocycles. The maximum Gasteiger partial charge on any atom is 0.154 e. The fourth-order valence-corrected chi connectivity index (χ4v) is 4.78. The summed E-state index contributed by atoms with van der Waals surface area (Å²) in [5.41, 5.74) is 0. The number of rotatable bonds is 4. The summed E-state index contributed by atoms with van der Waals surface area (Å²) in [5, 5.41) is 3.35. The minimum atomic E-state index is -2.79. The van der Waals surface area contributed by atoms with Crippen LogP contribution in [0, 0.1) is 0 Å². The Morgan fingerprint density at radius 2 is 1.89 bits per heavy atom. The van der Waals surface area contributed by atoms with Crippen molar-refractivity contribution in [3.63, 3.8) is 0 Å². The second-order valence-corrected chi connectivity index (χ2v) is 8.34. The van der Waals surface area contributed by atoms with Crippen molar-refractivity contribution in [2.45, 2.75) is 56.9 Å². The van der Waals surface area contributed by atoms with Crippen molar-refractivity contribution in [2.75, 3.05) is 25.4 Å². The molecule has 4 nitrogen and oxygen atoms in total. The van der Waals surface area contributed by atoms with Crippen LogP contribution in [0.3, 0.4) is 0 Å². The highest BCUT2D eigenvalue weighted by Gasteiger charge is 2.31. The zero-order chi connectivity index (χ0) is 13.2. The summed E-state index contributed by atoms with van der Waals surface area (Å²) >= 11 is 0. The molecule has 0 aliphatic carbocycles. The standard InChI is InChI=1S/C13H26N2O2S/c1-11(2)15-7-5-12(6-8-15)14-10-13-4-3-9-18(13,16)17/h11-14H,3-10H2,1-2H3. The monoisotopic (exact) mass is 274 g/mol. The third kappa shape index (κ3) is 3.45. The van der Waals surface area contributed by atoms with Crippen LogP contribution in [-0.2, 0) is 9.84 Å². The SMILES string of the molecule is CC(C)N1CCC(NCC2CCCS2(=O)=O)CC1. The summed E-state index contributed by atoms with van der Waals surface area (Å²) < 4.78 is 23.5. The smallest absolute Gasteiger partial charge is 0.154 e. The van der Waals surface area contributed by atoms with Gasteiger partial charge in [0.05, 0.1) is 11.0 Å². The van der Waals surface area contributed by atoms with Crippen molar-refractivity contribution < 1.29 is 8.42 Å². The molecule has 0 radical (unpaired) electrons. The van der Waals surface area contributed by atoms with Gasteiger partial charge in [0, 0.05) is 18.6 Å². The first-order valence-electron chi connectivity index (χ1n) is 7.18. The van der Waals surface area contributed by atoms with Gasteiger partial charge in [-0.05, 0) is 52.6 Å². The van der Waals surface area contributed by atoms with E-state index in [0.29, 0.717) is 24.4 Å². The molecule has 0 saturated carbocycles. The Morgan fingerprint density at radius 3 is 2.39 bits per heavy atom. The lowest BCUT2D eigenvalue weighted by Gasteiger charge is -2.35. The van der Waals surface area contributed by atoms with Crippen molar-refractivity contribution >= 4 is 9.84 Å². The molecule has 0 aromatic heterocycles. The number of hydrogen-bond donors (Lipinski definition) is 1. The van der Waals surface area contributed by atoms with Crippen LogP contribution in [0.1, 0.15) is 39.5 Å². The molecule has 1 N–H and O–H groups in total. The molecule has 0 amide bonds. The summed E-state index contributed by atoms with van der Waals surface area (Å²) in [6.07, 6.45) is 3.98. The Hall–Kier alpha value is -0.130. The quantitative estimate of drug-likeness (QED) is 0.832. The van der Waals surface area contributed by atoms with Gasteiger partial charge in [-0.25, -0.2) is 8.42 Å². The molecule has 106 valence electrons. The molecule has 0 spiro atoms. The van der Waals surface area contributed by atoms with Crippen molar-refractivity contribution in [3.8, 4) is 0 Å². The second-order valence-electron chi connectivity index (χ2n) is 5.94. The Balaban J connectivity index is 1.73. The summed E-state index contributed by atoms with van der Waals surface area (Å²) in [6.45, 7) is 7.39. The number of likely N-dealkylation sites (tertiary alicyclic amines) is 1. The van der Waals surface area contributed by atoms with Gasteiger partial charge in [-0.15, -0.1) is 0 Å². The van der Waals surface area contributed by atoms with E-state index >= 15 is 0 Å². The average molecular weight is 274 g/mol. The van der Waals surface area contributed by atoms with Crippen molar-refractivity contribution in [3.05, 3.63) is 0 Å². The van der Waals surface area contributed by atoms with E-state index in [2.05, 4.69) is 24.1 Å². The lowest BCUT2D eigenvalue weighted by molar-refractivity contribution is 0.161. The van der Waals surface area contributed by atoms with Gasteiger partial charge in [0.2, 0.25) is 0 Å². The highest BCUT2D eigenvalue weighted by Crippen LogP contribution is 2.20. The van der Waals surface area contributed by atoms with E-state index in [9.17, 15) is 8.42 Å². The van der Waals surface area contributed by atoms with Crippen LogP contribution in [0.25, 0.3) is 0 Å². The Bertz CT molecular complexity index is 359. The Kier molecular flexibility index (Phi) is 4.67. The predicted octanol–water partition coefficient (Wildman–Crippen LogP) is 1.03. The molecule has 18 heavy (non-hydrogen) atoms. The Labute approximate surface area is 111 Å². The lowest BCUT2D eigenvalue weighted by Crippen LogP contribution is -2.46. The molecule has 2 rings (SSSR count). The van der Waals surface area contributed by atoms with Crippen LogP contribution in [0.4, 0.5) is 0 Å². The van der Waals surface area contributed by atoms with Crippen molar-refractivity contribution in [1.82, 2.24) is 10.2 Å². The van der Waals surface area contributed by atoms with Crippen LogP contribution in [0.15, 0.2) is 0 Å². The lowest BCUT2D eigenvalue weighted by atomic mass is 10.0. The van der Waals surface area contributed by atoms with E-state index in [0.717, 1.165) is 38.8 Å². The summed E-state index contributed by atoms with van der Waals surface area (Å²) in [4.78, 5) is 2.49. The van der Waals surface area contributed by atoms with E-state index in [1.165, 1.54) is 0 Å². The molecule has 5 heteroatoms. The molecule has 0 aromatic rings. The molecule has 2 saturated heterocycles. The van der Waals surface area contributed by atoms with E-state index in [1.54, 1.807) is 0 Å². The third-order valence-corrected chi connectivity index (χ3v) is 6.63. The number of nitrogens with zero attached hydrogens (tertiary/aromatic N) is 1. The maximum atomic E-state index is 11.7. The number of hydrogen-bond acceptors (Lipinski definition) is 4. The van der Waals surface area contributed by atoms with Gasteiger partial charge in [-0.2, -0.15) is 0 Å². The zero-order valence-corrected chi connectivity index (χ0v) is 12.4. The summed E-state index contributed by atoms with van der Waals surface area (Å²) in [5.74, 6) is 0.394. The molecular weight excluding hydrogens is 248 g/mol. The minimum absolute atomic E-state index is 0.124. The van der Waals surface area contributed by atoms with E-state index < -0.39 is 9.84 Å². The normalized spacial score (nSPS) is 30.1. The first-order valence-corrected chi connectivity index (χ1v) is 8.89. The van der Waals surface area contributed by atoms with Crippen molar-refractivity contribution in [2.24, 2.45) is 0 Å². The van der Waals surface area contributed by atoms with Crippen LogP contribution in [-0.4, -0.2) is 56.0 Å². The molecular formula is C13H26N2O2S. The highest BCUT2D eigenvalue weighted by molar-refractivity contribution is 7.92. The third-order valence-electron chi connectivity index (χ3n) is 4.36. The first kappa shape index (κ1) is 14.3. The molecule has 2 fully saturated rings. The minimum Gasteiger partial charge on any atom is -0.313 e. The number of sulfone groups is 1. The molecule has 2 aliphatic rings. The van der Waals surface area contributed by atoms with Crippen LogP contribution < -0.4 is 5.32 Å². The predicted molar refractivity (Wildman–Crippen MR) is 74.5 cm³/mol. The van der Waals surface area contributed by atoms with Gasteiger partial charge in [-0.3, -0.25) is 0 Å². The topological polar surface area (TPSA) is 49.4 Å². The molecule has 2 heterocycles. The van der Waals surface area contributed by atoms with Gasteiger partial charge in [-0.1, -0.05) is 0 Å². The van der Waals surface area contributed by atoms with Crippen LogP contribution >= 0.6 is 0 Å². The Morgan fingerprint density at radius 1 is 1.22 bits per heavy atom. The summed E-state index contributed by atoms with van der Waals surface area (Å²) in [7, 11) is -2.79. The molecule has 1 unspecified atom stereocenters. The van der Waals surface area contributed by atoms with Gasteiger partial charge >= 0.3 is 0 Å². The molecule has 2 aliphatic heterocycles. The first-order chi connectivity index (χ1) is 8.49. The average Bonchev–Trinajstić information content (AvgIpc) is 2.66. The van der Waals surface area contributed by atoms with Crippen LogP contribution in [0.5, 0.6) is 0 Å². The fourth-order valence-electron chi connectivity index (χ4n) is 3.01. The summed E-state index contributed by atoms with van der Waals surface area (Å²) in [6, 6.07) is 1.14. The fraction of sp³-hybridized carbons (Fsp3) is 1.00. The highest BCUT2D eigenvalue weighted by atomic mass is 32.2. The van der Waals surface area contributed by atoms with E-state index in [-0.39, 0.29) is 5.25 Å². The van der Waals surface area contributed by atoms with E-state index in [1.807, 2.05) is 0 Å². The largest absolute Gasteiger partial charge is 0.313 e. The van der Waals surface area contributed by atoms with Gasteiger partial charge < -0.3 is 10.2 Å². The van der Waals surface area contributed by atoms with E-state index in [4.69, 9.17) is 0 Å². The molecule has 1 atom stereocenters.